The molecule has 0 atom stereocenters. The standard InChI is InChI=1S/C9H15ClN2O2/c1-13-4-5-14-3-2-12-8-9(6-10)7-11-12/h7-8H,2-6H2,1H3. The molecule has 0 amide bonds. The molecule has 14 heavy (non-hydrogen) atoms. The summed E-state index contributed by atoms with van der Waals surface area (Å²) in [6.45, 7) is 2.65. The van der Waals surface area contributed by atoms with Crippen molar-refractivity contribution in [1.82, 2.24) is 9.78 Å². The Morgan fingerprint density at radius 2 is 2.29 bits per heavy atom. The summed E-state index contributed by atoms with van der Waals surface area (Å²) in [5, 5.41) is 4.13. The second kappa shape index (κ2) is 6.81. The van der Waals surface area contributed by atoms with Crippen molar-refractivity contribution in [3.05, 3.63) is 18.0 Å². The largest absolute Gasteiger partial charge is 0.382 e. The van der Waals surface area contributed by atoms with E-state index in [2.05, 4.69) is 5.10 Å². The molecule has 0 saturated carbocycles. The smallest absolute Gasteiger partial charge is 0.0701 e. The lowest BCUT2D eigenvalue weighted by Gasteiger charge is -2.03. The number of aromatic nitrogens is 2. The Hall–Kier alpha value is -0.580. The first kappa shape index (κ1) is 11.5. The molecule has 0 radical (unpaired) electrons. The van der Waals surface area contributed by atoms with E-state index in [1.807, 2.05) is 10.9 Å². The number of alkyl halides is 1. The van der Waals surface area contributed by atoms with E-state index in [1.54, 1.807) is 13.3 Å². The van der Waals surface area contributed by atoms with Crippen molar-refractivity contribution in [2.24, 2.45) is 0 Å². The monoisotopic (exact) mass is 218 g/mol. The molecule has 0 aliphatic heterocycles. The quantitative estimate of drug-likeness (QED) is 0.511. The van der Waals surface area contributed by atoms with Crippen molar-refractivity contribution in [3.63, 3.8) is 0 Å². The van der Waals surface area contributed by atoms with E-state index < -0.39 is 0 Å². The van der Waals surface area contributed by atoms with Crippen LogP contribution < -0.4 is 0 Å². The molecule has 80 valence electrons. The minimum absolute atomic E-state index is 0.504. The third-order valence-electron chi connectivity index (χ3n) is 1.74. The lowest BCUT2D eigenvalue weighted by molar-refractivity contribution is 0.0654. The molecular weight excluding hydrogens is 204 g/mol. The predicted octanol–water partition coefficient (Wildman–Crippen LogP) is 1.28. The van der Waals surface area contributed by atoms with Gasteiger partial charge in [-0.1, -0.05) is 0 Å². The molecular formula is C9H15ClN2O2. The van der Waals surface area contributed by atoms with Crippen LogP contribution in [0.4, 0.5) is 0 Å². The molecule has 1 aromatic rings. The van der Waals surface area contributed by atoms with E-state index >= 15 is 0 Å². The van der Waals surface area contributed by atoms with E-state index in [4.69, 9.17) is 21.1 Å². The van der Waals surface area contributed by atoms with Crippen LogP contribution in [0.15, 0.2) is 12.4 Å². The average molecular weight is 219 g/mol. The normalized spacial score (nSPS) is 10.7. The summed E-state index contributed by atoms with van der Waals surface area (Å²) in [5.74, 6) is 0.504. The van der Waals surface area contributed by atoms with Gasteiger partial charge < -0.3 is 9.47 Å². The van der Waals surface area contributed by atoms with Gasteiger partial charge in [0.1, 0.15) is 0 Å². The van der Waals surface area contributed by atoms with Gasteiger partial charge in [-0.2, -0.15) is 5.10 Å². The van der Waals surface area contributed by atoms with Crippen LogP contribution in [0.3, 0.4) is 0 Å². The Bertz CT molecular complexity index is 253. The minimum Gasteiger partial charge on any atom is -0.382 e. The number of methoxy groups -OCH3 is 1. The number of nitrogens with zero attached hydrogens (tertiary/aromatic N) is 2. The highest BCUT2D eigenvalue weighted by Crippen LogP contribution is 2.00. The summed E-state index contributed by atoms with van der Waals surface area (Å²) < 4.78 is 12.0. The van der Waals surface area contributed by atoms with E-state index in [9.17, 15) is 0 Å². The van der Waals surface area contributed by atoms with Gasteiger partial charge in [0.05, 0.1) is 38.4 Å². The Morgan fingerprint density at radius 1 is 1.43 bits per heavy atom. The highest BCUT2D eigenvalue weighted by Gasteiger charge is 1.96. The van der Waals surface area contributed by atoms with E-state index in [1.165, 1.54) is 0 Å². The van der Waals surface area contributed by atoms with Gasteiger partial charge in [0.2, 0.25) is 0 Å². The third-order valence-corrected chi connectivity index (χ3v) is 2.05. The summed E-state index contributed by atoms with van der Waals surface area (Å²) in [5.41, 5.74) is 1.03. The molecule has 0 fully saturated rings. The molecule has 0 saturated heterocycles. The van der Waals surface area contributed by atoms with Gasteiger partial charge in [0.25, 0.3) is 0 Å². The lowest BCUT2D eigenvalue weighted by atomic mass is 10.4. The second-order valence-electron chi connectivity index (χ2n) is 2.85. The SMILES string of the molecule is COCCOCCn1cc(CCl)cn1. The molecule has 0 unspecified atom stereocenters. The fourth-order valence-corrected chi connectivity index (χ4v) is 1.14. The first-order valence-electron chi connectivity index (χ1n) is 4.51. The molecule has 0 aromatic carbocycles. The first-order valence-corrected chi connectivity index (χ1v) is 5.04. The molecule has 0 N–H and O–H groups in total. The zero-order valence-corrected chi connectivity index (χ0v) is 9.04. The van der Waals surface area contributed by atoms with Crippen molar-refractivity contribution in [1.29, 1.82) is 0 Å². The van der Waals surface area contributed by atoms with Crippen LogP contribution in [-0.2, 0) is 21.9 Å². The zero-order valence-electron chi connectivity index (χ0n) is 8.28. The number of hydrogen-bond acceptors (Lipinski definition) is 3. The lowest BCUT2D eigenvalue weighted by Crippen LogP contribution is -2.09. The molecule has 0 aliphatic rings. The van der Waals surface area contributed by atoms with Gasteiger partial charge in [0.15, 0.2) is 0 Å². The van der Waals surface area contributed by atoms with Crippen molar-refractivity contribution < 1.29 is 9.47 Å². The summed E-state index contributed by atoms with van der Waals surface area (Å²) in [7, 11) is 1.66. The number of hydrogen-bond donors (Lipinski definition) is 0. The van der Waals surface area contributed by atoms with Gasteiger partial charge in [-0.05, 0) is 0 Å². The fourth-order valence-electron chi connectivity index (χ4n) is 1.00. The summed E-state index contributed by atoms with van der Waals surface area (Å²) >= 11 is 5.64. The Labute approximate surface area is 88.8 Å². The molecule has 4 nitrogen and oxygen atoms in total. The van der Waals surface area contributed by atoms with E-state index in [0.717, 1.165) is 12.1 Å². The van der Waals surface area contributed by atoms with Gasteiger partial charge in [-0.3, -0.25) is 4.68 Å². The van der Waals surface area contributed by atoms with Crippen molar-refractivity contribution in [2.45, 2.75) is 12.4 Å². The summed E-state index contributed by atoms with van der Waals surface area (Å²) in [6, 6.07) is 0. The molecule has 1 aromatic heterocycles. The predicted molar refractivity (Wildman–Crippen MR) is 54.5 cm³/mol. The van der Waals surface area contributed by atoms with Crippen molar-refractivity contribution >= 4 is 11.6 Å². The van der Waals surface area contributed by atoms with Gasteiger partial charge in [-0.15, -0.1) is 11.6 Å². The van der Waals surface area contributed by atoms with Crippen LogP contribution in [0.2, 0.25) is 0 Å². The van der Waals surface area contributed by atoms with Crippen LogP contribution in [0.5, 0.6) is 0 Å². The third kappa shape index (κ3) is 4.09. The molecule has 1 heterocycles. The van der Waals surface area contributed by atoms with Crippen molar-refractivity contribution in [3.8, 4) is 0 Å². The molecule has 5 heteroatoms. The van der Waals surface area contributed by atoms with Gasteiger partial charge in [0, 0.05) is 18.9 Å². The Kier molecular flexibility index (Phi) is 5.59. The van der Waals surface area contributed by atoms with Crippen LogP contribution in [0, 0.1) is 0 Å². The van der Waals surface area contributed by atoms with Crippen LogP contribution in [0.1, 0.15) is 5.56 Å². The highest BCUT2D eigenvalue weighted by molar-refractivity contribution is 6.17. The van der Waals surface area contributed by atoms with E-state index in [-0.39, 0.29) is 0 Å². The van der Waals surface area contributed by atoms with E-state index in [0.29, 0.717) is 25.7 Å². The van der Waals surface area contributed by atoms with Crippen LogP contribution in [0.25, 0.3) is 0 Å². The first-order chi connectivity index (χ1) is 6.86. The number of ether oxygens (including phenoxy) is 2. The van der Waals surface area contributed by atoms with Crippen LogP contribution in [-0.4, -0.2) is 36.7 Å². The minimum atomic E-state index is 0.504. The molecule has 0 aliphatic carbocycles. The van der Waals surface area contributed by atoms with Gasteiger partial charge >= 0.3 is 0 Å². The second-order valence-corrected chi connectivity index (χ2v) is 3.12. The molecule has 0 bridgehead atoms. The zero-order chi connectivity index (χ0) is 10.2. The maximum Gasteiger partial charge on any atom is 0.0701 e. The molecule has 1 rings (SSSR count). The maximum atomic E-state index is 5.64. The number of halogens is 1. The summed E-state index contributed by atoms with van der Waals surface area (Å²) in [4.78, 5) is 0. The van der Waals surface area contributed by atoms with Gasteiger partial charge in [-0.25, -0.2) is 0 Å². The topological polar surface area (TPSA) is 36.3 Å². The van der Waals surface area contributed by atoms with Crippen LogP contribution >= 0.6 is 11.6 Å². The summed E-state index contributed by atoms with van der Waals surface area (Å²) in [6.07, 6.45) is 3.69. The fraction of sp³-hybridized carbons (Fsp3) is 0.667. The maximum absolute atomic E-state index is 5.64. The highest BCUT2D eigenvalue weighted by atomic mass is 35.5. The average Bonchev–Trinajstić information content (AvgIpc) is 2.65. The molecule has 0 spiro atoms. The van der Waals surface area contributed by atoms with Crippen molar-refractivity contribution in [2.75, 3.05) is 26.9 Å². The Balaban J connectivity index is 2.12. The Morgan fingerprint density at radius 3 is 2.93 bits per heavy atom. The number of rotatable bonds is 7.